The maximum absolute atomic E-state index is 13.1. The third kappa shape index (κ3) is 2.19. The highest BCUT2D eigenvalue weighted by atomic mass is 32.1. The highest BCUT2D eigenvalue weighted by Crippen LogP contribution is 2.24. The summed E-state index contributed by atoms with van der Waals surface area (Å²) < 4.78 is 16.7. The van der Waals surface area contributed by atoms with Gasteiger partial charge in [0.15, 0.2) is 0 Å². The van der Waals surface area contributed by atoms with Crippen LogP contribution in [0.2, 0.25) is 0 Å². The predicted octanol–water partition coefficient (Wildman–Crippen LogP) is 2.07. The maximum Gasteiger partial charge on any atom is 0.123 e. The summed E-state index contributed by atoms with van der Waals surface area (Å²) in [6.45, 7) is 1.78. The fourth-order valence-electron chi connectivity index (χ4n) is 1.38. The van der Waals surface area contributed by atoms with Crippen LogP contribution in [0.25, 0.3) is 0 Å². The zero-order valence-electron chi connectivity index (χ0n) is 8.01. The Morgan fingerprint density at radius 1 is 1.40 bits per heavy atom. The first-order valence-corrected chi connectivity index (χ1v) is 5.16. The zero-order chi connectivity index (χ0) is 10.8. The number of halogens is 1. The third-order valence-electron chi connectivity index (χ3n) is 2.03. The van der Waals surface area contributed by atoms with Crippen molar-refractivity contribution >= 4 is 11.5 Å². The SMILES string of the molecule is Cc1cc(F)cc(C(O)c2cnns2)c1. The van der Waals surface area contributed by atoms with E-state index in [-0.39, 0.29) is 5.82 Å². The summed E-state index contributed by atoms with van der Waals surface area (Å²) in [6.07, 6.45) is 0.634. The topological polar surface area (TPSA) is 46.0 Å². The Morgan fingerprint density at radius 3 is 2.80 bits per heavy atom. The lowest BCUT2D eigenvalue weighted by molar-refractivity contribution is 0.223. The van der Waals surface area contributed by atoms with E-state index in [4.69, 9.17) is 0 Å². The van der Waals surface area contributed by atoms with Gasteiger partial charge in [0.05, 0.1) is 11.1 Å². The van der Waals surface area contributed by atoms with Crippen LogP contribution < -0.4 is 0 Å². The minimum Gasteiger partial charge on any atom is -0.383 e. The molecule has 15 heavy (non-hydrogen) atoms. The predicted molar refractivity (Wildman–Crippen MR) is 55.1 cm³/mol. The zero-order valence-corrected chi connectivity index (χ0v) is 8.83. The number of aromatic nitrogens is 2. The van der Waals surface area contributed by atoms with Gasteiger partial charge in [0.25, 0.3) is 0 Å². The summed E-state index contributed by atoms with van der Waals surface area (Å²) in [7, 11) is 0. The van der Waals surface area contributed by atoms with Gasteiger partial charge in [-0.05, 0) is 41.7 Å². The monoisotopic (exact) mass is 224 g/mol. The first-order chi connectivity index (χ1) is 7.16. The quantitative estimate of drug-likeness (QED) is 0.849. The molecule has 0 aliphatic rings. The van der Waals surface area contributed by atoms with Gasteiger partial charge in [-0.3, -0.25) is 0 Å². The fourth-order valence-corrected chi connectivity index (χ4v) is 1.90. The van der Waals surface area contributed by atoms with E-state index in [2.05, 4.69) is 9.59 Å². The number of benzene rings is 1. The molecular weight excluding hydrogens is 215 g/mol. The van der Waals surface area contributed by atoms with E-state index in [1.165, 1.54) is 18.3 Å². The van der Waals surface area contributed by atoms with Crippen molar-refractivity contribution in [1.82, 2.24) is 9.59 Å². The van der Waals surface area contributed by atoms with Crippen molar-refractivity contribution < 1.29 is 9.50 Å². The Bertz CT molecular complexity index is 438. The van der Waals surface area contributed by atoms with Crippen LogP contribution >= 0.6 is 11.5 Å². The van der Waals surface area contributed by atoms with Crippen LogP contribution in [0.1, 0.15) is 22.1 Å². The Labute approximate surface area is 90.4 Å². The van der Waals surface area contributed by atoms with Gasteiger partial charge in [0.2, 0.25) is 0 Å². The van der Waals surface area contributed by atoms with Crippen molar-refractivity contribution in [1.29, 1.82) is 0 Å². The lowest BCUT2D eigenvalue weighted by atomic mass is 10.1. The molecule has 0 aliphatic carbocycles. The average Bonchev–Trinajstić information content (AvgIpc) is 2.67. The molecule has 0 amide bonds. The number of hydrogen-bond donors (Lipinski definition) is 1. The number of aliphatic hydroxyl groups excluding tert-OH is 1. The molecule has 1 N–H and O–H groups in total. The second kappa shape index (κ2) is 4.04. The summed E-state index contributed by atoms with van der Waals surface area (Å²) in [5.74, 6) is -0.346. The molecule has 0 aliphatic heterocycles. The minimum atomic E-state index is -0.848. The van der Waals surface area contributed by atoms with Crippen LogP contribution in [0.4, 0.5) is 4.39 Å². The first kappa shape index (κ1) is 10.2. The van der Waals surface area contributed by atoms with E-state index in [0.29, 0.717) is 10.4 Å². The summed E-state index contributed by atoms with van der Waals surface area (Å²) >= 11 is 1.10. The van der Waals surface area contributed by atoms with Crippen LogP contribution in [-0.2, 0) is 0 Å². The van der Waals surface area contributed by atoms with Crippen LogP contribution in [0, 0.1) is 12.7 Å². The van der Waals surface area contributed by atoms with Crippen LogP contribution in [-0.4, -0.2) is 14.7 Å². The van der Waals surface area contributed by atoms with Gasteiger partial charge in [0.1, 0.15) is 11.9 Å². The summed E-state index contributed by atoms with van der Waals surface area (Å²) in [5.41, 5.74) is 1.31. The first-order valence-electron chi connectivity index (χ1n) is 4.39. The largest absolute Gasteiger partial charge is 0.383 e. The van der Waals surface area contributed by atoms with Gasteiger partial charge in [0, 0.05) is 0 Å². The van der Waals surface area contributed by atoms with E-state index in [9.17, 15) is 9.50 Å². The normalized spacial score (nSPS) is 12.7. The molecule has 0 saturated carbocycles. The second-order valence-corrected chi connectivity index (χ2v) is 4.10. The van der Waals surface area contributed by atoms with Gasteiger partial charge in [-0.25, -0.2) is 4.39 Å². The smallest absolute Gasteiger partial charge is 0.123 e. The molecule has 1 aromatic carbocycles. The molecule has 0 fully saturated rings. The highest BCUT2D eigenvalue weighted by molar-refractivity contribution is 7.05. The lowest BCUT2D eigenvalue weighted by Gasteiger charge is -2.08. The number of rotatable bonds is 2. The fraction of sp³-hybridized carbons (Fsp3) is 0.200. The molecule has 5 heteroatoms. The van der Waals surface area contributed by atoms with Gasteiger partial charge in [-0.1, -0.05) is 10.6 Å². The standard InChI is InChI=1S/C10H9FN2OS/c1-6-2-7(4-8(11)3-6)10(14)9-5-12-13-15-9/h2-5,10,14H,1H3. The van der Waals surface area contributed by atoms with Gasteiger partial charge < -0.3 is 5.11 Å². The van der Waals surface area contributed by atoms with Crippen molar-refractivity contribution in [2.24, 2.45) is 0 Å². The Kier molecular flexibility index (Phi) is 2.75. The summed E-state index contributed by atoms with van der Waals surface area (Å²) in [6, 6.07) is 4.48. The molecule has 0 spiro atoms. The molecule has 1 aromatic heterocycles. The number of aliphatic hydroxyl groups is 1. The lowest BCUT2D eigenvalue weighted by Crippen LogP contribution is -1.98. The van der Waals surface area contributed by atoms with Crippen molar-refractivity contribution in [3.8, 4) is 0 Å². The van der Waals surface area contributed by atoms with Gasteiger partial charge in [-0.15, -0.1) is 5.10 Å². The van der Waals surface area contributed by atoms with E-state index in [1.807, 2.05) is 0 Å². The van der Waals surface area contributed by atoms with E-state index in [0.717, 1.165) is 17.1 Å². The minimum absolute atomic E-state index is 0.346. The molecule has 2 rings (SSSR count). The average molecular weight is 224 g/mol. The molecule has 1 atom stereocenters. The highest BCUT2D eigenvalue weighted by Gasteiger charge is 2.13. The Balaban J connectivity index is 2.37. The molecule has 78 valence electrons. The summed E-state index contributed by atoms with van der Waals surface area (Å²) in [4.78, 5) is 0.611. The van der Waals surface area contributed by atoms with Gasteiger partial charge in [-0.2, -0.15) is 0 Å². The second-order valence-electron chi connectivity index (χ2n) is 3.28. The molecule has 1 unspecified atom stereocenters. The number of hydrogen-bond acceptors (Lipinski definition) is 4. The molecular formula is C10H9FN2OS. The summed E-state index contributed by atoms with van der Waals surface area (Å²) in [5, 5.41) is 13.5. The maximum atomic E-state index is 13.1. The molecule has 2 aromatic rings. The van der Waals surface area contributed by atoms with E-state index >= 15 is 0 Å². The Morgan fingerprint density at radius 2 is 2.20 bits per heavy atom. The van der Waals surface area contributed by atoms with Crippen molar-refractivity contribution in [2.45, 2.75) is 13.0 Å². The van der Waals surface area contributed by atoms with E-state index < -0.39 is 6.10 Å². The van der Waals surface area contributed by atoms with E-state index in [1.54, 1.807) is 13.0 Å². The molecule has 0 saturated heterocycles. The molecule has 1 heterocycles. The van der Waals surface area contributed by atoms with Crippen molar-refractivity contribution in [3.63, 3.8) is 0 Å². The molecule has 0 bridgehead atoms. The number of nitrogens with zero attached hydrogens (tertiary/aromatic N) is 2. The number of aryl methyl sites for hydroxylation is 1. The van der Waals surface area contributed by atoms with Crippen LogP contribution in [0.15, 0.2) is 24.4 Å². The van der Waals surface area contributed by atoms with Gasteiger partial charge >= 0.3 is 0 Å². The Hall–Kier alpha value is -1.33. The van der Waals surface area contributed by atoms with Crippen LogP contribution in [0.3, 0.4) is 0 Å². The van der Waals surface area contributed by atoms with Crippen LogP contribution in [0.5, 0.6) is 0 Å². The van der Waals surface area contributed by atoms with Crippen molar-refractivity contribution in [2.75, 3.05) is 0 Å². The third-order valence-corrected chi connectivity index (χ3v) is 2.74. The molecule has 0 radical (unpaired) electrons. The molecule has 3 nitrogen and oxygen atoms in total. The van der Waals surface area contributed by atoms with Crippen molar-refractivity contribution in [3.05, 3.63) is 46.2 Å².